The number of aromatic nitrogens is 1. The Morgan fingerprint density at radius 2 is 1.58 bits per heavy atom. The van der Waals surface area contributed by atoms with Gasteiger partial charge in [-0.2, -0.15) is 0 Å². The molecule has 0 radical (unpaired) electrons. The highest BCUT2D eigenvalue weighted by Crippen LogP contribution is 2.24. The maximum Gasteiger partial charge on any atom is 0.269 e. The Hall–Kier alpha value is -3.88. The number of amides is 2. The van der Waals surface area contributed by atoms with Crippen LogP contribution in [-0.4, -0.2) is 22.4 Å². The third-order valence-electron chi connectivity index (χ3n) is 4.18. The first-order valence-electron chi connectivity index (χ1n) is 9.12. The Morgan fingerprint density at radius 1 is 0.903 bits per heavy atom. The molecule has 2 amide bonds. The maximum atomic E-state index is 13.8. The summed E-state index contributed by atoms with van der Waals surface area (Å²) in [6, 6.07) is 10.9. The van der Waals surface area contributed by atoms with Crippen molar-refractivity contribution in [3.8, 4) is 5.75 Å². The lowest BCUT2D eigenvalue weighted by molar-refractivity contribution is -0.128. The predicted octanol–water partition coefficient (Wildman–Crippen LogP) is 4.55. The van der Waals surface area contributed by atoms with Gasteiger partial charge in [0.1, 0.15) is 17.5 Å². The molecule has 2 N–H and O–H groups in total. The van der Waals surface area contributed by atoms with Gasteiger partial charge in [0.05, 0.1) is 5.56 Å². The number of nitrogens with zero attached hydrogens (tertiary/aromatic N) is 1. The van der Waals surface area contributed by atoms with Gasteiger partial charge in [-0.05, 0) is 62.4 Å². The van der Waals surface area contributed by atoms with Crippen molar-refractivity contribution in [3.63, 3.8) is 0 Å². The minimum atomic E-state index is -1.50. The number of halogens is 3. The normalized spacial score (nSPS) is 11.0. The van der Waals surface area contributed by atoms with E-state index < -0.39 is 34.9 Å². The van der Waals surface area contributed by atoms with Crippen molar-refractivity contribution in [2.24, 2.45) is 0 Å². The summed E-state index contributed by atoms with van der Waals surface area (Å²) in [6.45, 7) is 2.82. The van der Waals surface area contributed by atoms with Crippen molar-refractivity contribution < 1.29 is 27.5 Å². The van der Waals surface area contributed by atoms with Crippen molar-refractivity contribution in [3.05, 3.63) is 83.8 Å². The summed E-state index contributed by atoms with van der Waals surface area (Å²) in [4.78, 5) is 28.8. The molecule has 0 aliphatic rings. The molecule has 0 unspecified atom stereocenters. The average molecular weight is 429 g/mol. The fourth-order valence-corrected chi connectivity index (χ4v) is 2.48. The third-order valence-corrected chi connectivity index (χ3v) is 4.18. The summed E-state index contributed by atoms with van der Waals surface area (Å²) >= 11 is 0. The fraction of sp³-hybridized carbons (Fsp3) is 0.136. The van der Waals surface area contributed by atoms with Crippen LogP contribution < -0.4 is 15.4 Å². The van der Waals surface area contributed by atoms with Gasteiger partial charge < -0.3 is 15.4 Å². The minimum absolute atomic E-state index is 0.139. The van der Waals surface area contributed by atoms with E-state index >= 15 is 0 Å². The lowest BCUT2D eigenvalue weighted by Gasteiger charge is -2.25. The standard InChI is InChI=1S/C22H18F3N3O3/c1-22(2,31-18-9-6-15(24)11-17(18)25)21(30)28-19-10-3-13(12-26-19)20(29)27-16-7-4-14(23)5-8-16/h3-12H,1-2H3,(H,27,29)(H,26,28,30). The molecule has 3 rings (SSSR count). The second-order valence-corrected chi connectivity index (χ2v) is 7.03. The van der Waals surface area contributed by atoms with E-state index in [1.807, 2.05) is 0 Å². The van der Waals surface area contributed by atoms with Crippen molar-refractivity contribution in [1.29, 1.82) is 0 Å². The number of rotatable bonds is 6. The van der Waals surface area contributed by atoms with Crippen molar-refractivity contribution in [1.82, 2.24) is 4.98 Å². The number of carbonyl (C=O) groups excluding carboxylic acids is 2. The van der Waals surface area contributed by atoms with Crippen LogP contribution in [0.25, 0.3) is 0 Å². The van der Waals surface area contributed by atoms with Gasteiger partial charge in [0.2, 0.25) is 0 Å². The smallest absolute Gasteiger partial charge is 0.269 e. The van der Waals surface area contributed by atoms with Crippen LogP contribution in [0.4, 0.5) is 24.7 Å². The monoisotopic (exact) mass is 429 g/mol. The molecule has 0 atom stereocenters. The lowest BCUT2D eigenvalue weighted by Crippen LogP contribution is -2.43. The van der Waals surface area contributed by atoms with Gasteiger partial charge >= 0.3 is 0 Å². The molecule has 3 aromatic rings. The van der Waals surface area contributed by atoms with E-state index in [1.165, 1.54) is 56.4 Å². The SMILES string of the molecule is CC(C)(Oc1ccc(F)cc1F)C(=O)Nc1ccc(C(=O)Nc2ccc(F)cc2)cn1. The maximum absolute atomic E-state index is 13.8. The van der Waals surface area contributed by atoms with Gasteiger partial charge in [0.15, 0.2) is 17.2 Å². The molecule has 1 aromatic heterocycles. The van der Waals surface area contributed by atoms with Crippen molar-refractivity contribution in [2.45, 2.75) is 19.4 Å². The highest BCUT2D eigenvalue weighted by molar-refractivity contribution is 6.04. The Balaban J connectivity index is 1.63. The summed E-state index contributed by atoms with van der Waals surface area (Å²) in [7, 11) is 0. The van der Waals surface area contributed by atoms with Gasteiger partial charge in [0, 0.05) is 18.0 Å². The van der Waals surface area contributed by atoms with Gasteiger partial charge in [-0.25, -0.2) is 18.2 Å². The Kier molecular flexibility index (Phi) is 6.24. The number of nitrogens with one attached hydrogen (secondary N) is 2. The van der Waals surface area contributed by atoms with Crippen LogP contribution in [0.15, 0.2) is 60.8 Å². The van der Waals surface area contributed by atoms with Crippen LogP contribution in [0, 0.1) is 17.5 Å². The molecule has 2 aromatic carbocycles. The van der Waals surface area contributed by atoms with Gasteiger partial charge in [-0.15, -0.1) is 0 Å². The Morgan fingerprint density at radius 3 is 2.19 bits per heavy atom. The molecular weight excluding hydrogens is 411 g/mol. The number of carbonyl (C=O) groups is 2. The zero-order chi connectivity index (χ0) is 22.6. The summed E-state index contributed by atoms with van der Waals surface area (Å²) in [6.07, 6.45) is 1.25. The number of benzene rings is 2. The first kappa shape index (κ1) is 21.8. The number of hydrogen-bond acceptors (Lipinski definition) is 4. The van der Waals surface area contributed by atoms with Crippen LogP contribution in [0.3, 0.4) is 0 Å². The molecule has 0 aliphatic heterocycles. The average Bonchev–Trinajstić information content (AvgIpc) is 2.72. The number of pyridine rings is 1. The number of ether oxygens (including phenoxy) is 1. The zero-order valence-electron chi connectivity index (χ0n) is 16.6. The zero-order valence-corrected chi connectivity index (χ0v) is 16.6. The van der Waals surface area contributed by atoms with Crippen LogP contribution in [0.1, 0.15) is 24.2 Å². The molecule has 0 saturated carbocycles. The summed E-state index contributed by atoms with van der Waals surface area (Å²) in [5.41, 5.74) is -0.874. The van der Waals surface area contributed by atoms with Gasteiger partial charge in [-0.1, -0.05) is 0 Å². The Labute approximate surface area is 176 Å². The molecule has 0 aliphatic carbocycles. The molecule has 160 valence electrons. The minimum Gasteiger partial charge on any atom is -0.475 e. The molecule has 0 fully saturated rings. The summed E-state index contributed by atoms with van der Waals surface area (Å²) in [5, 5.41) is 5.10. The largest absolute Gasteiger partial charge is 0.475 e. The van der Waals surface area contributed by atoms with Crippen molar-refractivity contribution in [2.75, 3.05) is 10.6 Å². The van der Waals surface area contributed by atoms with Gasteiger partial charge in [0.25, 0.3) is 11.8 Å². The molecule has 0 bridgehead atoms. The molecule has 9 heteroatoms. The highest BCUT2D eigenvalue weighted by Gasteiger charge is 2.31. The molecule has 31 heavy (non-hydrogen) atoms. The van der Waals surface area contributed by atoms with Crippen LogP contribution >= 0.6 is 0 Å². The number of hydrogen-bond donors (Lipinski definition) is 2. The van der Waals surface area contributed by atoms with E-state index in [4.69, 9.17) is 4.74 Å². The molecule has 1 heterocycles. The lowest BCUT2D eigenvalue weighted by atomic mass is 10.1. The van der Waals surface area contributed by atoms with E-state index in [0.717, 1.165) is 12.1 Å². The van der Waals surface area contributed by atoms with E-state index in [1.54, 1.807) is 0 Å². The summed E-state index contributed by atoms with van der Waals surface area (Å²) < 4.78 is 45.2. The first-order valence-corrected chi connectivity index (χ1v) is 9.12. The van der Waals surface area contributed by atoms with E-state index in [2.05, 4.69) is 15.6 Å². The Bertz CT molecular complexity index is 1100. The number of anilines is 2. The van der Waals surface area contributed by atoms with E-state index in [9.17, 15) is 22.8 Å². The predicted molar refractivity (Wildman–Crippen MR) is 108 cm³/mol. The first-order chi connectivity index (χ1) is 14.6. The van der Waals surface area contributed by atoms with E-state index in [-0.39, 0.29) is 17.1 Å². The molecular formula is C22H18F3N3O3. The second kappa shape index (κ2) is 8.86. The molecule has 0 spiro atoms. The summed E-state index contributed by atoms with van der Waals surface area (Å²) in [5.74, 6) is -3.36. The van der Waals surface area contributed by atoms with Crippen LogP contribution in [-0.2, 0) is 4.79 Å². The molecule has 6 nitrogen and oxygen atoms in total. The quantitative estimate of drug-likeness (QED) is 0.603. The van der Waals surface area contributed by atoms with Crippen LogP contribution in [0.5, 0.6) is 5.75 Å². The van der Waals surface area contributed by atoms with Crippen molar-refractivity contribution >= 4 is 23.3 Å². The third kappa shape index (κ3) is 5.59. The highest BCUT2D eigenvalue weighted by atomic mass is 19.1. The van der Waals surface area contributed by atoms with E-state index in [0.29, 0.717) is 11.8 Å². The second-order valence-electron chi connectivity index (χ2n) is 7.03. The van der Waals surface area contributed by atoms with Crippen LogP contribution in [0.2, 0.25) is 0 Å². The fourth-order valence-electron chi connectivity index (χ4n) is 2.48. The van der Waals surface area contributed by atoms with Gasteiger partial charge in [-0.3, -0.25) is 9.59 Å². The molecule has 0 saturated heterocycles. The topological polar surface area (TPSA) is 80.3 Å².